The predicted octanol–water partition coefficient (Wildman–Crippen LogP) is 2.17. The molecule has 2 heterocycles. The fraction of sp³-hybridized carbons (Fsp3) is 0.824. The third-order valence-electron chi connectivity index (χ3n) is 5.37. The first-order chi connectivity index (χ1) is 11.7. The number of hydrogen-bond donors (Lipinski definition) is 1. The van der Waals surface area contributed by atoms with Crippen molar-refractivity contribution in [3.05, 3.63) is 5.82 Å². The third kappa shape index (κ3) is 4.11. The van der Waals surface area contributed by atoms with E-state index in [0.29, 0.717) is 17.7 Å². The Kier molecular flexibility index (Phi) is 6.16. The van der Waals surface area contributed by atoms with E-state index in [4.69, 9.17) is 0 Å². The Hall–Kier alpha value is -1.08. The molecule has 3 rings (SSSR count). The largest absolute Gasteiger partial charge is 0.342 e. The van der Waals surface area contributed by atoms with E-state index in [1.807, 2.05) is 19.0 Å². The van der Waals surface area contributed by atoms with E-state index in [-0.39, 0.29) is 5.91 Å². The van der Waals surface area contributed by atoms with E-state index >= 15 is 0 Å². The second-order valence-corrected chi connectivity index (χ2v) is 7.97. The van der Waals surface area contributed by atoms with Gasteiger partial charge in [-0.15, -0.1) is 10.2 Å². The second kappa shape index (κ2) is 8.34. The number of carbonyl (C=O) groups excluding carboxylic acids is 1. The molecule has 1 N–H and O–H groups in total. The maximum atomic E-state index is 12.5. The number of piperidine rings is 1. The molecule has 0 bridgehead atoms. The SMILES string of the molecule is CN(C(=O)CSc1nnc(C2CCCNC2)n1C)C1CCCCC1. The van der Waals surface area contributed by atoms with Gasteiger partial charge in [-0.1, -0.05) is 31.0 Å². The molecule has 1 aliphatic heterocycles. The highest BCUT2D eigenvalue weighted by molar-refractivity contribution is 7.99. The van der Waals surface area contributed by atoms with Crippen LogP contribution in [0.25, 0.3) is 0 Å². The van der Waals surface area contributed by atoms with E-state index in [9.17, 15) is 4.79 Å². The van der Waals surface area contributed by atoms with Gasteiger partial charge in [-0.05, 0) is 32.2 Å². The van der Waals surface area contributed by atoms with Crippen LogP contribution in [0.1, 0.15) is 56.7 Å². The van der Waals surface area contributed by atoms with Crippen LogP contribution < -0.4 is 5.32 Å². The fourth-order valence-electron chi connectivity index (χ4n) is 3.78. The average Bonchev–Trinajstić information content (AvgIpc) is 3.01. The maximum Gasteiger partial charge on any atom is 0.233 e. The van der Waals surface area contributed by atoms with Crippen LogP contribution in [0.2, 0.25) is 0 Å². The predicted molar refractivity (Wildman–Crippen MR) is 96.2 cm³/mol. The third-order valence-corrected chi connectivity index (χ3v) is 6.38. The lowest BCUT2D eigenvalue weighted by atomic mass is 9.94. The summed E-state index contributed by atoms with van der Waals surface area (Å²) >= 11 is 1.51. The number of amides is 1. The summed E-state index contributed by atoms with van der Waals surface area (Å²) in [6.45, 7) is 2.07. The van der Waals surface area contributed by atoms with Crippen molar-refractivity contribution in [2.24, 2.45) is 7.05 Å². The Bertz CT molecular complexity index is 549. The zero-order valence-corrected chi connectivity index (χ0v) is 15.6. The molecule has 1 unspecified atom stereocenters. The molecule has 1 aromatic rings. The molecule has 24 heavy (non-hydrogen) atoms. The van der Waals surface area contributed by atoms with E-state index in [2.05, 4.69) is 20.1 Å². The summed E-state index contributed by atoms with van der Waals surface area (Å²) in [7, 11) is 3.97. The number of nitrogens with one attached hydrogen (secondary N) is 1. The molecule has 1 aromatic heterocycles. The van der Waals surface area contributed by atoms with Gasteiger partial charge in [-0.3, -0.25) is 4.79 Å². The fourth-order valence-corrected chi connectivity index (χ4v) is 4.62. The summed E-state index contributed by atoms with van der Waals surface area (Å²) in [6.07, 6.45) is 8.45. The first-order valence-electron chi connectivity index (χ1n) is 9.15. The minimum absolute atomic E-state index is 0.204. The minimum atomic E-state index is 0.204. The van der Waals surface area contributed by atoms with Crippen molar-refractivity contribution in [3.63, 3.8) is 0 Å². The molecule has 2 aliphatic rings. The molecule has 134 valence electrons. The van der Waals surface area contributed by atoms with Crippen LogP contribution in [0, 0.1) is 0 Å². The van der Waals surface area contributed by atoms with Crippen LogP contribution in [0.4, 0.5) is 0 Å². The first-order valence-corrected chi connectivity index (χ1v) is 10.1. The highest BCUT2D eigenvalue weighted by atomic mass is 32.2. The normalized spacial score (nSPS) is 22.5. The van der Waals surface area contributed by atoms with Gasteiger partial charge in [0, 0.05) is 32.6 Å². The molecule has 0 spiro atoms. The van der Waals surface area contributed by atoms with Crippen molar-refractivity contribution < 1.29 is 4.79 Å². The zero-order valence-electron chi connectivity index (χ0n) is 14.8. The Morgan fingerprint density at radius 3 is 2.75 bits per heavy atom. The van der Waals surface area contributed by atoms with Crippen molar-refractivity contribution in [1.29, 1.82) is 0 Å². The standard InChI is InChI=1S/C17H29N5OS/c1-21(14-8-4-3-5-9-14)15(23)12-24-17-20-19-16(22(17)2)13-7-6-10-18-11-13/h13-14,18H,3-12H2,1-2H3. The zero-order chi connectivity index (χ0) is 16.9. The van der Waals surface area contributed by atoms with Crippen LogP contribution in [-0.2, 0) is 11.8 Å². The van der Waals surface area contributed by atoms with Crippen LogP contribution in [0.15, 0.2) is 5.16 Å². The molecular weight excluding hydrogens is 322 g/mol. The molecule has 2 fully saturated rings. The lowest BCUT2D eigenvalue weighted by molar-refractivity contribution is -0.129. The van der Waals surface area contributed by atoms with Crippen molar-refractivity contribution in [2.45, 2.75) is 62.1 Å². The second-order valence-electron chi connectivity index (χ2n) is 7.03. The molecule has 1 aliphatic carbocycles. The van der Waals surface area contributed by atoms with Crippen molar-refractivity contribution >= 4 is 17.7 Å². The topological polar surface area (TPSA) is 63.1 Å². The van der Waals surface area contributed by atoms with Crippen molar-refractivity contribution in [2.75, 3.05) is 25.9 Å². The Balaban J connectivity index is 1.54. The van der Waals surface area contributed by atoms with Gasteiger partial charge in [-0.25, -0.2) is 0 Å². The van der Waals surface area contributed by atoms with E-state index in [0.717, 1.165) is 43.3 Å². The van der Waals surface area contributed by atoms with Gasteiger partial charge in [0.1, 0.15) is 5.82 Å². The van der Waals surface area contributed by atoms with Crippen molar-refractivity contribution in [3.8, 4) is 0 Å². The van der Waals surface area contributed by atoms with Crippen LogP contribution in [0.3, 0.4) is 0 Å². The quantitative estimate of drug-likeness (QED) is 0.824. The number of aromatic nitrogens is 3. The van der Waals surface area contributed by atoms with E-state index in [1.54, 1.807) is 0 Å². The Morgan fingerprint density at radius 2 is 2.04 bits per heavy atom. The van der Waals surface area contributed by atoms with Crippen LogP contribution >= 0.6 is 11.8 Å². The van der Waals surface area contributed by atoms with Crippen LogP contribution in [0.5, 0.6) is 0 Å². The average molecular weight is 352 g/mol. The van der Waals surface area contributed by atoms with Gasteiger partial charge in [-0.2, -0.15) is 0 Å². The van der Waals surface area contributed by atoms with Gasteiger partial charge in [0.25, 0.3) is 0 Å². The monoisotopic (exact) mass is 351 g/mol. The van der Waals surface area contributed by atoms with E-state index in [1.165, 1.54) is 37.4 Å². The molecule has 7 heteroatoms. The minimum Gasteiger partial charge on any atom is -0.342 e. The van der Waals surface area contributed by atoms with Gasteiger partial charge in [0.15, 0.2) is 5.16 Å². The summed E-state index contributed by atoms with van der Waals surface area (Å²) in [4.78, 5) is 14.4. The lowest BCUT2D eigenvalue weighted by Crippen LogP contribution is -2.39. The summed E-state index contributed by atoms with van der Waals surface area (Å²) < 4.78 is 2.07. The van der Waals surface area contributed by atoms with Gasteiger partial charge < -0.3 is 14.8 Å². The molecular formula is C17H29N5OS. The van der Waals surface area contributed by atoms with Gasteiger partial charge in [0.2, 0.25) is 5.91 Å². The van der Waals surface area contributed by atoms with E-state index < -0.39 is 0 Å². The lowest BCUT2D eigenvalue weighted by Gasteiger charge is -2.31. The smallest absolute Gasteiger partial charge is 0.233 e. The molecule has 1 amide bonds. The maximum absolute atomic E-state index is 12.5. The summed E-state index contributed by atoms with van der Waals surface area (Å²) in [5.41, 5.74) is 0. The van der Waals surface area contributed by atoms with Crippen LogP contribution in [-0.4, -0.2) is 57.5 Å². The molecule has 1 atom stereocenters. The highest BCUT2D eigenvalue weighted by Crippen LogP contribution is 2.26. The number of nitrogens with zero attached hydrogens (tertiary/aromatic N) is 4. The molecule has 0 aromatic carbocycles. The first kappa shape index (κ1) is 17.7. The number of carbonyl (C=O) groups is 1. The van der Waals surface area contributed by atoms with Gasteiger partial charge >= 0.3 is 0 Å². The summed E-state index contributed by atoms with van der Waals surface area (Å²) in [5.74, 6) is 2.13. The number of hydrogen-bond acceptors (Lipinski definition) is 5. The molecule has 1 saturated carbocycles. The number of thioether (sulfide) groups is 1. The Labute approximate surface area is 148 Å². The number of rotatable bonds is 5. The summed E-state index contributed by atoms with van der Waals surface area (Å²) in [6, 6.07) is 0.426. The summed E-state index contributed by atoms with van der Waals surface area (Å²) in [5, 5.41) is 13.0. The molecule has 1 saturated heterocycles. The molecule has 6 nitrogen and oxygen atoms in total. The van der Waals surface area contributed by atoms with Gasteiger partial charge in [0.05, 0.1) is 5.75 Å². The molecule has 0 radical (unpaired) electrons. The van der Waals surface area contributed by atoms with Crippen molar-refractivity contribution in [1.82, 2.24) is 25.0 Å². The highest BCUT2D eigenvalue weighted by Gasteiger charge is 2.24. The Morgan fingerprint density at radius 1 is 1.25 bits per heavy atom.